The highest BCUT2D eigenvalue weighted by molar-refractivity contribution is 5.77. The van der Waals surface area contributed by atoms with Gasteiger partial charge >= 0.3 is 0 Å². The van der Waals surface area contributed by atoms with E-state index >= 15 is 0 Å². The van der Waals surface area contributed by atoms with Gasteiger partial charge in [0.05, 0.1) is 18.8 Å². The zero-order chi connectivity index (χ0) is 11.0. The number of carbonyl (C=O) groups excluding carboxylic acids is 1. The standard InChI is InChI=1S/C10H15N5O/c16-10-2-1-3-14(10)6-8-7-15(13-12-8)9-4-11-5-9/h7,9,11H,1-6H2. The number of hydrogen-bond acceptors (Lipinski definition) is 4. The number of nitrogens with zero attached hydrogens (tertiary/aromatic N) is 4. The third-order valence-electron chi connectivity index (χ3n) is 3.22. The van der Waals surface area contributed by atoms with Gasteiger partial charge in [-0.15, -0.1) is 5.10 Å². The number of nitrogens with one attached hydrogen (secondary N) is 1. The summed E-state index contributed by atoms with van der Waals surface area (Å²) in [5.41, 5.74) is 0.891. The monoisotopic (exact) mass is 221 g/mol. The second-order valence-electron chi connectivity index (χ2n) is 4.42. The maximum Gasteiger partial charge on any atom is 0.222 e. The van der Waals surface area contributed by atoms with Crippen LogP contribution in [-0.2, 0) is 11.3 Å². The average Bonchev–Trinajstić information content (AvgIpc) is 2.76. The van der Waals surface area contributed by atoms with Crippen LogP contribution in [-0.4, -0.2) is 45.4 Å². The van der Waals surface area contributed by atoms with Gasteiger partial charge in [-0.3, -0.25) is 4.79 Å². The molecular formula is C10H15N5O. The lowest BCUT2D eigenvalue weighted by atomic mass is 10.2. The van der Waals surface area contributed by atoms with Crippen LogP contribution in [0, 0.1) is 0 Å². The predicted molar refractivity (Wildman–Crippen MR) is 56.6 cm³/mol. The summed E-state index contributed by atoms with van der Waals surface area (Å²) in [4.78, 5) is 13.3. The lowest BCUT2D eigenvalue weighted by Crippen LogP contribution is -2.43. The first-order valence-electron chi connectivity index (χ1n) is 5.72. The van der Waals surface area contributed by atoms with E-state index in [0.29, 0.717) is 19.0 Å². The largest absolute Gasteiger partial charge is 0.337 e. The quantitative estimate of drug-likeness (QED) is 0.750. The summed E-state index contributed by atoms with van der Waals surface area (Å²) in [6.07, 6.45) is 3.61. The fourth-order valence-corrected chi connectivity index (χ4v) is 2.09. The van der Waals surface area contributed by atoms with Crippen molar-refractivity contribution in [1.82, 2.24) is 25.2 Å². The van der Waals surface area contributed by atoms with Crippen LogP contribution in [0.5, 0.6) is 0 Å². The minimum absolute atomic E-state index is 0.236. The van der Waals surface area contributed by atoms with Crippen LogP contribution < -0.4 is 5.32 Å². The first-order valence-corrected chi connectivity index (χ1v) is 5.72. The van der Waals surface area contributed by atoms with Crippen molar-refractivity contribution in [3.05, 3.63) is 11.9 Å². The molecule has 1 N–H and O–H groups in total. The highest BCUT2D eigenvalue weighted by Gasteiger charge is 2.23. The molecule has 2 aliphatic rings. The van der Waals surface area contributed by atoms with E-state index in [2.05, 4.69) is 15.6 Å². The number of likely N-dealkylation sites (tertiary alicyclic amines) is 1. The third kappa shape index (κ3) is 1.69. The molecule has 0 saturated carbocycles. The smallest absolute Gasteiger partial charge is 0.222 e. The molecule has 1 amide bonds. The minimum Gasteiger partial charge on any atom is -0.337 e. The topological polar surface area (TPSA) is 63.1 Å². The Kier molecular flexibility index (Phi) is 2.36. The zero-order valence-corrected chi connectivity index (χ0v) is 9.09. The molecule has 2 fully saturated rings. The van der Waals surface area contributed by atoms with Crippen molar-refractivity contribution in [3.63, 3.8) is 0 Å². The fourth-order valence-electron chi connectivity index (χ4n) is 2.09. The van der Waals surface area contributed by atoms with Crippen molar-refractivity contribution in [2.24, 2.45) is 0 Å². The van der Waals surface area contributed by atoms with Crippen LogP contribution in [0.4, 0.5) is 0 Å². The maximum absolute atomic E-state index is 11.4. The Morgan fingerprint density at radius 2 is 2.38 bits per heavy atom. The second kappa shape index (κ2) is 3.86. The highest BCUT2D eigenvalue weighted by Crippen LogP contribution is 2.14. The third-order valence-corrected chi connectivity index (χ3v) is 3.22. The lowest BCUT2D eigenvalue weighted by Gasteiger charge is -2.26. The van der Waals surface area contributed by atoms with Gasteiger partial charge in [-0.2, -0.15) is 0 Å². The summed E-state index contributed by atoms with van der Waals surface area (Å²) in [5, 5.41) is 11.4. The Morgan fingerprint density at radius 3 is 3.00 bits per heavy atom. The highest BCUT2D eigenvalue weighted by atomic mass is 16.2. The van der Waals surface area contributed by atoms with Crippen LogP contribution >= 0.6 is 0 Å². The molecule has 1 aromatic rings. The Morgan fingerprint density at radius 1 is 1.50 bits per heavy atom. The van der Waals surface area contributed by atoms with E-state index < -0.39 is 0 Å². The van der Waals surface area contributed by atoms with Gasteiger partial charge in [-0.1, -0.05) is 5.21 Å². The predicted octanol–water partition coefficient (Wildman–Crippen LogP) is -0.455. The Labute approximate surface area is 93.6 Å². The summed E-state index contributed by atoms with van der Waals surface area (Å²) in [5.74, 6) is 0.236. The number of carbonyl (C=O) groups is 1. The van der Waals surface area contributed by atoms with Gasteiger partial charge < -0.3 is 10.2 Å². The van der Waals surface area contributed by atoms with Crippen molar-refractivity contribution in [3.8, 4) is 0 Å². The van der Waals surface area contributed by atoms with Crippen LogP contribution in [0.3, 0.4) is 0 Å². The average molecular weight is 221 g/mol. The zero-order valence-electron chi connectivity index (χ0n) is 9.09. The molecule has 0 spiro atoms. The SMILES string of the molecule is O=C1CCCN1Cc1cn(C2CNC2)nn1. The summed E-state index contributed by atoms with van der Waals surface area (Å²) in [6, 6.07) is 0.440. The first-order chi connectivity index (χ1) is 7.83. The summed E-state index contributed by atoms with van der Waals surface area (Å²) in [7, 11) is 0. The molecule has 6 nitrogen and oxygen atoms in total. The minimum atomic E-state index is 0.236. The molecule has 0 unspecified atom stereocenters. The summed E-state index contributed by atoms with van der Waals surface area (Å²) < 4.78 is 1.90. The van der Waals surface area contributed by atoms with Crippen molar-refractivity contribution in [2.75, 3.05) is 19.6 Å². The Balaban J connectivity index is 1.65. The van der Waals surface area contributed by atoms with Gasteiger partial charge in [0.25, 0.3) is 0 Å². The number of hydrogen-bond donors (Lipinski definition) is 1. The van der Waals surface area contributed by atoms with Gasteiger partial charge in [-0.25, -0.2) is 4.68 Å². The van der Waals surface area contributed by atoms with Crippen molar-refractivity contribution < 1.29 is 4.79 Å². The van der Waals surface area contributed by atoms with Crippen LogP contribution in [0.2, 0.25) is 0 Å². The van der Waals surface area contributed by atoms with Gasteiger partial charge in [0, 0.05) is 26.1 Å². The summed E-state index contributed by atoms with van der Waals surface area (Å²) >= 11 is 0. The molecule has 1 aromatic heterocycles. The van der Waals surface area contributed by atoms with E-state index in [9.17, 15) is 4.79 Å². The molecule has 16 heavy (non-hydrogen) atoms. The molecule has 2 saturated heterocycles. The molecule has 3 rings (SSSR count). The number of aromatic nitrogens is 3. The molecule has 0 bridgehead atoms. The molecule has 3 heterocycles. The molecule has 6 heteroatoms. The molecule has 0 radical (unpaired) electrons. The van der Waals surface area contributed by atoms with Crippen LogP contribution in [0.15, 0.2) is 6.20 Å². The molecule has 86 valence electrons. The van der Waals surface area contributed by atoms with Crippen LogP contribution in [0.25, 0.3) is 0 Å². The van der Waals surface area contributed by atoms with Crippen molar-refractivity contribution in [1.29, 1.82) is 0 Å². The Hall–Kier alpha value is -1.43. The normalized spacial score (nSPS) is 21.5. The fraction of sp³-hybridized carbons (Fsp3) is 0.700. The van der Waals surface area contributed by atoms with Gasteiger partial charge in [0.15, 0.2) is 0 Å². The van der Waals surface area contributed by atoms with Crippen molar-refractivity contribution in [2.45, 2.75) is 25.4 Å². The van der Waals surface area contributed by atoms with Gasteiger partial charge in [0.2, 0.25) is 5.91 Å². The molecular weight excluding hydrogens is 206 g/mol. The van der Waals surface area contributed by atoms with E-state index in [1.54, 1.807) is 0 Å². The van der Waals surface area contributed by atoms with Gasteiger partial charge in [0.1, 0.15) is 5.69 Å². The molecule has 0 atom stereocenters. The van der Waals surface area contributed by atoms with Crippen molar-refractivity contribution >= 4 is 5.91 Å². The molecule has 0 aliphatic carbocycles. The first kappa shape index (κ1) is 9.77. The van der Waals surface area contributed by atoms with E-state index in [-0.39, 0.29) is 5.91 Å². The maximum atomic E-state index is 11.4. The number of amides is 1. The second-order valence-corrected chi connectivity index (χ2v) is 4.42. The molecule has 0 aromatic carbocycles. The lowest BCUT2D eigenvalue weighted by molar-refractivity contribution is -0.128. The van der Waals surface area contributed by atoms with Crippen LogP contribution in [0.1, 0.15) is 24.6 Å². The number of rotatable bonds is 3. The summed E-state index contributed by atoms with van der Waals surface area (Å²) in [6.45, 7) is 3.40. The molecule has 2 aliphatic heterocycles. The van der Waals surface area contributed by atoms with Gasteiger partial charge in [-0.05, 0) is 6.42 Å². The van der Waals surface area contributed by atoms with E-state index in [0.717, 1.165) is 31.7 Å². The van der Waals surface area contributed by atoms with E-state index in [4.69, 9.17) is 0 Å². The van der Waals surface area contributed by atoms with E-state index in [1.807, 2.05) is 15.8 Å². The van der Waals surface area contributed by atoms with E-state index in [1.165, 1.54) is 0 Å². The Bertz CT molecular complexity index is 398.